The lowest BCUT2D eigenvalue weighted by molar-refractivity contribution is -0.122. The molecule has 0 spiro atoms. The number of halogens is 1. The lowest BCUT2D eigenvalue weighted by atomic mass is 10.1. The summed E-state index contributed by atoms with van der Waals surface area (Å²) in [6.07, 6.45) is -0.630. The summed E-state index contributed by atoms with van der Waals surface area (Å²) in [6, 6.07) is 14.2. The summed E-state index contributed by atoms with van der Waals surface area (Å²) in [5.41, 5.74) is 1.32. The molecule has 8 nitrogen and oxygen atoms in total. The van der Waals surface area contributed by atoms with E-state index in [2.05, 4.69) is 31.9 Å². The van der Waals surface area contributed by atoms with Crippen LogP contribution in [0.2, 0.25) is 0 Å². The molecule has 2 aromatic rings. The van der Waals surface area contributed by atoms with Crippen molar-refractivity contribution in [3.8, 4) is 0 Å². The van der Waals surface area contributed by atoms with Gasteiger partial charge < -0.3 is 25.7 Å². The van der Waals surface area contributed by atoms with Crippen LogP contribution >= 0.6 is 23.5 Å². The van der Waals surface area contributed by atoms with E-state index in [1.54, 1.807) is 48.5 Å². The largest absolute Gasteiger partial charge is 0.344 e. The fourth-order valence-corrected chi connectivity index (χ4v) is 2.85. The van der Waals surface area contributed by atoms with E-state index in [1.165, 1.54) is 0 Å². The maximum Gasteiger partial charge on any atom is 0.344 e. The highest BCUT2D eigenvalue weighted by atomic mass is 79.9. The van der Waals surface area contributed by atoms with Crippen LogP contribution in [0.15, 0.2) is 59.1 Å². The fraction of sp³-hybridized carbons (Fsp3) is 0.176. The van der Waals surface area contributed by atoms with Crippen molar-refractivity contribution in [1.82, 2.24) is 10.6 Å². The Morgan fingerprint density at radius 1 is 1.04 bits per heavy atom. The molecule has 0 aromatic heterocycles. The molecule has 144 valence electrons. The van der Waals surface area contributed by atoms with Gasteiger partial charge in [-0.2, -0.15) is 0 Å². The van der Waals surface area contributed by atoms with Gasteiger partial charge in [-0.15, -0.1) is 0 Å². The van der Waals surface area contributed by atoms with Crippen molar-refractivity contribution < 1.29 is 23.9 Å². The minimum Gasteiger partial charge on any atom is -0.343 e. The summed E-state index contributed by atoms with van der Waals surface area (Å²) in [6.45, 7) is 0. The van der Waals surface area contributed by atoms with Crippen LogP contribution in [0.4, 0.5) is 10.5 Å². The molecule has 0 aliphatic heterocycles. The maximum absolute atomic E-state index is 12.3. The van der Waals surface area contributed by atoms with Gasteiger partial charge in [0, 0.05) is 16.6 Å². The molecular formula is C17H19BrN3O5P. The van der Waals surface area contributed by atoms with Gasteiger partial charge in [0.2, 0.25) is 5.91 Å². The quantitative estimate of drug-likeness (QED) is 0.409. The molecule has 2 aromatic carbocycles. The van der Waals surface area contributed by atoms with Crippen molar-refractivity contribution >= 4 is 41.2 Å². The molecule has 1 atom stereocenters. The van der Waals surface area contributed by atoms with E-state index in [0.717, 1.165) is 10.0 Å². The Kier molecular flexibility index (Phi) is 7.55. The highest BCUT2D eigenvalue weighted by Crippen LogP contribution is 2.31. The monoisotopic (exact) mass is 455 g/mol. The Labute approximate surface area is 164 Å². The predicted molar refractivity (Wildman–Crippen MR) is 105 cm³/mol. The molecule has 0 unspecified atom stereocenters. The summed E-state index contributed by atoms with van der Waals surface area (Å²) < 4.78 is 11.8. The van der Waals surface area contributed by atoms with Crippen molar-refractivity contribution in [2.75, 3.05) is 11.6 Å². The third-order valence-corrected chi connectivity index (χ3v) is 4.56. The van der Waals surface area contributed by atoms with Gasteiger partial charge in [0.1, 0.15) is 12.3 Å². The number of urea groups is 1. The second kappa shape index (κ2) is 9.66. The van der Waals surface area contributed by atoms with E-state index in [1.807, 2.05) is 6.07 Å². The number of anilines is 1. The molecule has 0 heterocycles. The third-order valence-electron chi connectivity index (χ3n) is 3.47. The Bertz CT molecular complexity index is 826. The summed E-state index contributed by atoms with van der Waals surface area (Å²) in [5.74, 6) is -0.687. The Balaban J connectivity index is 2.05. The number of hydrogen-bond donors (Lipinski definition) is 5. The first-order chi connectivity index (χ1) is 12.7. The molecule has 2 rings (SSSR count). The van der Waals surface area contributed by atoms with E-state index in [9.17, 15) is 14.2 Å². The van der Waals surface area contributed by atoms with Crippen LogP contribution in [-0.4, -0.2) is 34.1 Å². The number of rotatable bonds is 7. The molecule has 0 bridgehead atoms. The van der Waals surface area contributed by atoms with Gasteiger partial charge in [0.15, 0.2) is 0 Å². The molecule has 3 amide bonds. The van der Waals surface area contributed by atoms with E-state index in [-0.39, 0.29) is 6.42 Å². The molecule has 10 heteroatoms. The number of amides is 3. The minimum atomic E-state index is -4.40. The average Bonchev–Trinajstić information content (AvgIpc) is 2.61. The molecule has 0 saturated carbocycles. The van der Waals surface area contributed by atoms with Crippen molar-refractivity contribution in [3.63, 3.8) is 0 Å². The summed E-state index contributed by atoms with van der Waals surface area (Å²) in [5, 5.41) is 7.31. The second-order valence-corrected chi connectivity index (χ2v) is 8.27. The zero-order chi connectivity index (χ0) is 19.9. The van der Waals surface area contributed by atoms with Crippen LogP contribution in [0, 0.1) is 0 Å². The zero-order valence-electron chi connectivity index (χ0n) is 14.1. The highest BCUT2D eigenvalue weighted by Gasteiger charge is 2.24. The molecule has 5 N–H and O–H groups in total. The molecular weight excluding hydrogens is 437 g/mol. The summed E-state index contributed by atoms with van der Waals surface area (Å²) in [7, 11) is -4.40. The summed E-state index contributed by atoms with van der Waals surface area (Å²) >= 11 is 3.30. The number of carbonyl (C=O) groups is 2. The van der Waals surface area contributed by atoms with Gasteiger partial charge in [0.05, 0.1) is 0 Å². The van der Waals surface area contributed by atoms with Gasteiger partial charge in [-0.25, -0.2) is 4.79 Å². The average molecular weight is 456 g/mol. The topological polar surface area (TPSA) is 128 Å². The Hall–Kier alpha value is -2.19. The molecule has 0 aliphatic carbocycles. The first-order valence-electron chi connectivity index (χ1n) is 7.92. The molecule has 0 radical (unpaired) electrons. The van der Waals surface area contributed by atoms with E-state index in [4.69, 9.17) is 9.79 Å². The Morgan fingerprint density at radius 2 is 1.67 bits per heavy atom. The summed E-state index contributed by atoms with van der Waals surface area (Å²) in [4.78, 5) is 42.4. The molecule has 27 heavy (non-hydrogen) atoms. The smallest absolute Gasteiger partial charge is 0.343 e. The normalized spacial score (nSPS) is 12.1. The first kappa shape index (κ1) is 21.1. The fourth-order valence-electron chi connectivity index (χ4n) is 2.22. The van der Waals surface area contributed by atoms with E-state index < -0.39 is 31.9 Å². The van der Waals surface area contributed by atoms with E-state index in [0.29, 0.717) is 5.69 Å². The molecule has 0 aliphatic rings. The molecule has 0 fully saturated rings. The van der Waals surface area contributed by atoms with Gasteiger partial charge >= 0.3 is 13.6 Å². The molecule has 0 saturated heterocycles. The third kappa shape index (κ3) is 7.92. The number of benzene rings is 2. The maximum atomic E-state index is 12.3. The lowest BCUT2D eigenvalue weighted by Crippen LogP contribution is -2.49. The van der Waals surface area contributed by atoms with Crippen LogP contribution in [0.5, 0.6) is 0 Å². The van der Waals surface area contributed by atoms with Gasteiger partial charge in [-0.1, -0.05) is 46.3 Å². The van der Waals surface area contributed by atoms with Crippen LogP contribution in [-0.2, 0) is 15.8 Å². The standard InChI is InChI=1S/C17H19BrN3O5P/c18-13-6-8-14(9-7-13)20-17(23)21-15(10-12-4-2-1-3-5-12)16(22)19-11-27(24,25)26/h1-9,15H,10-11H2,(H,19,22)(H2,20,21,23)(H2,24,25,26)/t15-/m0/s1. The Morgan fingerprint density at radius 3 is 2.26 bits per heavy atom. The number of nitrogens with one attached hydrogen (secondary N) is 3. The van der Waals surface area contributed by atoms with Crippen LogP contribution in [0.3, 0.4) is 0 Å². The highest BCUT2D eigenvalue weighted by molar-refractivity contribution is 9.10. The van der Waals surface area contributed by atoms with Crippen LogP contribution in [0.1, 0.15) is 5.56 Å². The van der Waals surface area contributed by atoms with Gasteiger partial charge in [0.25, 0.3) is 0 Å². The van der Waals surface area contributed by atoms with Crippen molar-refractivity contribution in [2.24, 2.45) is 0 Å². The van der Waals surface area contributed by atoms with Gasteiger partial charge in [-0.3, -0.25) is 9.36 Å². The van der Waals surface area contributed by atoms with Crippen molar-refractivity contribution in [1.29, 1.82) is 0 Å². The lowest BCUT2D eigenvalue weighted by Gasteiger charge is -2.19. The zero-order valence-corrected chi connectivity index (χ0v) is 16.6. The van der Waals surface area contributed by atoms with E-state index >= 15 is 0 Å². The second-order valence-electron chi connectivity index (χ2n) is 5.71. The minimum absolute atomic E-state index is 0.168. The first-order valence-corrected chi connectivity index (χ1v) is 10.5. The van der Waals surface area contributed by atoms with Crippen molar-refractivity contribution in [3.05, 3.63) is 64.6 Å². The predicted octanol–water partition coefficient (Wildman–Crippen LogP) is 2.43. The van der Waals surface area contributed by atoms with Crippen LogP contribution < -0.4 is 16.0 Å². The number of hydrogen-bond acceptors (Lipinski definition) is 3. The van der Waals surface area contributed by atoms with Crippen molar-refractivity contribution in [2.45, 2.75) is 12.5 Å². The SMILES string of the molecule is O=C(Nc1ccc(Br)cc1)N[C@@H](Cc1ccccc1)C(=O)NCP(=O)(O)O. The van der Waals surface area contributed by atoms with Gasteiger partial charge in [-0.05, 0) is 29.8 Å². The van der Waals surface area contributed by atoms with Crippen LogP contribution in [0.25, 0.3) is 0 Å². The number of carbonyl (C=O) groups excluding carboxylic acids is 2.